The summed E-state index contributed by atoms with van der Waals surface area (Å²) in [4.78, 5) is 40.5. The number of benzene rings is 2. The van der Waals surface area contributed by atoms with E-state index in [1.165, 1.54) is 0 Å². The molecule has 214 valence electrons. The number of carbonyl (C=O) groups excluding carboxylic acids is 3. The van der Waals surface area contributed by atoms with Crippen LogP contribution in [0.3, 0.4) is 0 Å². The van der Waals surface area contributed by atoms with Gasteiger partial charge in [0.05, 0.1) is 25.2 Å². The topological polar surface area (TPSA) is 166 Å². The number of nitrogens with two attached hydrogens (primary N) is 1. The molecule has 0 aromatic heterocycles. The number of esters is 1. The van der Waals surface area contributed by atoms with Gasteiger partial charge in [-0.25, -0.2) is 13.5 Å². The zero-order chi connectivity index (χ0) is 28.8. The van der Waals surface area contributed by atoms with E-state index < -0.39 is 22.0 Å². The fraction of sp³-hybridized carbons (Fsp3) is 0.423. The van der Waals surface area contributed by atoms with Crippen molar-refractivity contribution in [3.63, 3.8) is 0 Å². The van der Waals surface area contributed by atoms with E-state index in [1.807, 2.05) is 30.3 Å². The summed E-state index contributed by atoms with van der Waals surface area (Å²) in [5.74, 6) is -0.532. The van der Waals surface area contributed by atoms with Crippen molar-refractivity contribution in [2.24, 2.45) is 5.73 Å². The third-order valence-corrected chi connectivity index (χ3v) is 7.33. The van der Waals surface area contributed by atoms with Gasteiger partial charge in [-0.1, -0.05) is 30.3 Å². The first kappa shape index (κ1) is 31.7. The molecular formula is C26H36N4O8S. The van der Waals surface area contributed by atoms with E-state index in [4.69, 9.17) is 15.3 Å². The predicted octanol–water partition coefficient (Wildman–Crippen LogP) is 0.947. The minimum absolute atomic E-state index is 0.0219. The van der Waals surface area contributed by atoms with Crippen LogP contribution in [0.25, 0.3) is 0 Å². The van der Waals surface area contributed by atoms with Crippen molar-refractivity contribution in [2.75, 3.05) is 33.4 Å². The number of hydrogen-bond acceptors (Lipinski definition) is 9. The van der Waals surface area contributed by atoms with Crippen LogP contribution in [0, 0.1) is 13.8 Å². The Morgan fingerprint density at radius 2 is 1.79 bits per heavy atom. The lowest BCUT2D eigenvalue weighted by molar-refractivity contribution is -0.177. The second kappa shape index (κ2) is 15.8. The molecule has 0 fully saturated rings. The average Bonchev–Trinajstić information content (AvgIpc) is 2.91. The molecule has 1 atom stereocenters. The van der Waals surface area contributed by atoms with Gasteiger partial charge in [-0.15, -0.1) is 0 Å². The number of sulfonamides is 1. The highest BCUT2D eigenvalue weighted by molar-refractivity contribution is 7.89. The maximum Gasteiger partial charge on any atom is 0.325 e. The maximum absolute atomic E-state index is 12.9. The van der Waals surface area contributed by atoms with Gasteiger partial charge in [-0.05, 0) is 49.1 Å². The summed E-state index contributed by atoms with van der Waals surface area (Å²) in [6.45, 7) is 3.89. The number of nitrogens with one attached hydrogen (secondary N) is 2. The molecule has 2 aromatic rings. The van der Waals surface area contributed by atoms with Gasteiger partial charge < -0.3 is 20.5 Å². The number of ether oxygens (including phenoxy) is 2. The lowest BCUT2D eigenvalue weighted by atomic mass is 10.1. The zero-order valence-corrected chi connectivity index (χ0v) is 23.2. The van der Waals surface area contributed by atoms with Gasteiger partial charge in [0.25, 0.3) is 0 Å². The van der Waals surface area contributed by atoms with Crippen LogP contribution in [-0.4, -0.2) is 71.2 Å². The van der Waals surface area contributed by atoms with Crippen molar-refractivity contribution in [3.8, 4) is 5.75 Å². The summed E-state index contributed by atoms with van der Waals surface area (Å²) in [5.41, 5.74) is 7.27. The lowest BCUT2D eigenvalue weighted by Crippen LogP contribution is -2.46. The minimum atomic E-state index is -4.05. The Labute approximate surface area is 228 Å². The second-order valence-electron chi connectivity index (χ2n) is 8.63. The molecule has 4 N–H and O–H groups in total. The number of hydroxylamine groups is 2. The van der Waals surface area contributed by atoms with E-state index in [1.54, 1.807) is 26.0 Å². The summed E-state index contributed by atoms with van der Waals surface area (Å²) in [6.07, 6.45) is 1.19. The molecule has 2 rings (SSSR count). The predicted molar refractivity (Wildman–Crippen MR) is 143 cm³/mol. The molecule has 0 heterocycles. The van der Waals surface area contributed by atoms with Gasteiger partial charge in [0.2, 0.25) is 22.3 Å². The third kappa shape index (κ3) is 10.3. The summed E-state index contributed by atoms with van der Waals surface area (Å²) in [5, 5.41) is 3.86. The first-order chi connectivity index (χ1) is 18.6. The molecule has 12 nitrogen and oxygen atoms in total. The van der Waals surface area contributed by atoms with E-state index >= 15 is 0 Å². The molecule has 0 aliphatic heterocycles. The summed E-state index contributed by atoms with van der Waals surface area (Å²) in [7, 11) is -2.90. The Morgan fingerprint density at radius 3 is 2.38 bits per heavy atom. The Balaban J connectivity index is 1.78. The Morgan fingerprint density at radius 1 is 1.13 bits per heavy atom. The minimum Gasteiger partial charge on any atom is -0.494 e. The van der Waals surface area contributed by atoms with Crippen LogP contribution in [0.1, 0.15) is 29.5 Å². The molecule has 0 aliphatic carbocycles. The van der Waals surface area contributed by atoms with Crippen LogP contribution in [0.2, 0.25) is 0 Å². The molecule has 2 aromatic carbocycles. The first-order valence-electron chi connectivity index (χ1n) is 12.3. The van der Waals surface area contributed by atoms with Crippen molar-refractivity contribution >= 4 is 28.3 Å². The SMILES string of the molecule is COC(=O)[C@H](CN)NS(=O)(=O)c1c(C)cc(OCCCC(=O)NCCN(C=O)OCc2ccccc2)cc1C. The first-order valence-corrected chi connectivity index (χ1v) is 13.8. The monoisotopic (exact) mass is 564 g/mol. The number of aryl methyl sites for hydroxylation is 2. The van der Waals surface area contributed by atoms with Gasteiger partial charge in [-0.3, -0.25) is 19.2 Å². The summed E-state index contributed by atoms with van der Waals surface area (Å²) < 4.78 is 38.3. The van der Waals surface area contributed by atoms with E-state index in [0.29, 0.717) is 29.7 Å². The zero-order valence-electron chi connectivity index (χ0n) is 22.3. The van der Waals surface area contributed by atoms with Gasteiger partial charge in [0.15, 0.2) is 0 Å². The fourth-order valence-corrected chi connectivity index (χ4v) is 5.35. The highest BCUT2D eigenvalue weighted by Crippen LogP contribution is 2.26. The van der Waals surface area contributed by atoms with E-state index in [0.717, 1.165) is 17.7 Å². The van der Waals surface area contributed by atoms with Crippen LogP contribution in [-0.2, 0) is 40.6 Å². The highest BCUT2D eigenvalue weighted by Gasteiger charge is 2.28. The second-order valence-corrected chi connectivity index (χ2v) is 10.3. The molecule has 0 saturated heterocycles. The largest absolute Gasteiger partial charge is 0.494 e. The molecule has 0 bridgehead atoms. The molecule has 0 unspecified atom stereocenters. The Bertz CT molecular complexity index is 1180. The van der Waals surface area contributed by atoms with Crippen LogP contribution < -0.4 is 20.5 Å². The van der Waals surface area contributed by atoms with Crippen LogP contribution in [0.5, 0.6) is 5.75 Å². The highest BCUT2D eigenvalue weighted by atomic mass is 32.2. The Hall–Kier alpha value is -3.52. The van der Waals surface area contributed by atoms with Crippen molar-refractivity contribution in [1.82, 2.24) is 15.1 Å². The van der Waals surface area contributed by atoms with E-state index in [9.17, 15) is 22.8 Å². The fourth-order valence-electron chi connectivity index (χ4n) is 3.69. The molecule has 2 amide bonds. The molecule has 0 spiro atoms. The quantitative estimate of drug-likeness (QED) is 0.110. The van der Waals surface area contributed by atoms with Crippen LogP contribution in [0.4, 0.5) is 0 Å². The van der Waals surface area contributed by atoms with Gasteiger partial charge >= 0.3 is 5.97 Å². The van der Waals surface area contributed by atoms with E-state index in [-0.39, 0.29) is 50.1 Å². The van der Waals surface area contributed by atoms with E-state index in [2.05, 4.69) is 14.8 Å². The standard InChI is InChI=1S/C26H36N4O8S/c1-19-14-22(15-20(2)25(19)39(34,35)29-23(16-27)26(33)36-3)37-13-7-10-24(32)28-11-12-30(18-31)38-17-21-8-5-4-6-9-21/h4-6,8-9,14-15,18,23,29H,7,10-13,16-17,27H2,1-3H3,(H,28,32)/t23-/m0/s1. The molecule has 13 heteroatoms. The van der Waals surface area contributed by atoms with Crippen molar-refractivity contribution in [3.05, 3.63) is 59.2 Å². The number of methoxy groups -OCH3 is 1. The van der Waals surface area contributed by atoms with Crippen molar-refractivity contribution in [1.29, 1.82) is 0 Å². The average molecular weight is 565 g/mol. The Kier molecular flexibility index (Phi) is 12.8. The maximum atomic E-state index is 12.9. The molecule has 0 aliphatic rings. The van der Waals surface area contributed by atoms with Gasteiger partial charge in [0.1, 0.15) is 18.4 Å². The van der Waals surface area contributed by atoms with Crippen molar-refractivity contribution < 1.29 is 37.1 Å². The third-order valence-electron chi connectivity index (χ3n) is 5.55. The normalized spacial score (nSPS) is 11.9. The van der Waals surface area contributed by atoms with Gasteiger partial charge in [-0.2, -0.15) is 4.72 Å². The van der Waals surface area contributed by atoms with Gasteiger partial charge in [0, 0.05) is 19.5 Å². The molecule has 39 heavy (non-hydrogen) atoms. The lowest BCUT2D eigenvalue weighted by Gasteiger charge is -2.18. The summed E-state index contributed by atoms with van der Waals surface area (Å²) >= 11 is 0. The number of carbonyl (C=O) groups is 3. The molecule has 0 radical (unpaired) electrons. The number of hydrogen-bond donors (Lipinski definition) is 3. The number of rotatable bonds is 17. The molecular weight excluding hydrogens is 528 g/mol. The van der Waals surface area contributed by atoms with Crippen LogP contribution in [0.15, 0.2) is 47.4 Å². The smallest absolute Gasteiger partial charge is 0.325 e. The van der Waals surface area contributed by atoms with Crippen LogP contribution >= 0.6 is 0 Å². The molecule has 0 saturated carbocycles. The number of nitrogens with zero attached hydrogens (tertiary/aromatic N) is 1. The summed E-state index contributed by atoms with van der Waals surface area (Å²) in [6, 6.07) is 11.3. The van der Waals surface area contributed by atoms with Crippen molar-refractivity contribution in [2.45, 2.75) is 44.2 Å². The number of amides is 2.